The second kappa shape index (κ2) is 5.80. The van der Waals surface area contributed by atoms with Gasteiger partial charge in [0.05, 0.1) is 11.4 Å². The van der Waals surface area contributed by atoms with Gasteiger partial charge in [-0.15, -0.1) is 11.3 Å². The van der Waals surface area contributed by atoms with Crippen LogP contribution in [-0.2, 0) is 11.3 Å². The molecule has 21 heavy (non-hydrogen) atoms. The zero-order valence-corrected chi connectivity index (χ0v) is 11.9. The van der Waals surface area contributed by atoms with E-state index >= 15 is 0 Å². The first kappa shape index (κ1) is 13.4. The second-order valence-corrected chi connectivity index (χ2v) is 5.39. The van der Waals surface area contributed by atoms with Gasteiger partial charge in [0.15, 0.2) is 5.69 Å². The van der Waals surface area contributed by atoms with Crippen molar-refractivity contribution in [2.45, 2.75) is 6.61 Å². The fraction of sp³-hybridized carbons (Fsp3) is 0.0667. The van der Waals surface area contributed by atoms with Crippen LogP contribution < -0.4 is 5.73 Å². The molecule has 0 aliphatic carbocycles. The van der Waals surface area contributed by atoms with E-state index in [1.54, 1.807) is 34.3 Å². The largest absolute Gasteiger partial charge is 0.455 e. The van der Waals surface area contributed by atoms with Crippen molar-refractivity contribution < 1.29 is 9.53 Å². The van der Waals surface area contributed by atoms with Crippen LogP contribution in [0, 0.1) is 0 Å². The zero-order chi connectivity index (χ0) is 14.7. The Balaban J connectivity index is 1.73. The third kappa shape index (κ3) is 2.95. The summed E-state index contributed by atoms with van der Waals surface area (Å²) in [6.07, 6.45) is 1.69. The van der Waals surface area contributed by atoms with E-state index in [9.17, 15) is 4.79 Å². The van der Waals surface area contributed by atoms with Gasteiger partial charge in [0.1, 0.15) is 6.61 Å². The molecule has 2 heterocycles. The van der Waals surface area contributed by atoms with E-state index in [2.05, 4.69) is 5.10 Å². The topological polar surface area (TPSA) is 70.1 Å². The number of carbonyl (C=O) groups is 1. The summed E-state index contributed by atoms with van der Waals surface area (Å²) in [4.78, 5) is 12.9. The number of esters is 1. The summed E-state index contributed by atoms with van der Waals surface area (Å²) in [5.41, 5.74) is 7.47. The first-order valence-electron chi connectivity index (χ1n) is 6.34. The Morgan fingerprint density at radius 2 is 2.10 bits per heavy atom. The highest BCUT2D eigenvalue weighted by Gasteiger charge is 2.13. The summed E-state index contributed by atoms with van der Waals surface area (Å²) < 4.78 is 6.78. The predicted octanol–water partition coefficient (Wildman–Crippen LogP) is 2.87. The van der Waals surface area contributed by atoms with Gasteiger partial charge >= 0.3 is 5.97 Å². The molecule has 0 saturated carbocycles. The number of nitrogens with zero attached hydrogens (tertiary/aromatic N) is 2. The van der Waals surface area contributed by atoms with Gasteiger partial charge in [0.25, 0.3) is 0 Å². The third-order valence-electron chi connectivity index (χ3n) is 2.91. The molecular weight excluding hydrogens is 286 g/mol. The van der Waals surface area contributed by atoms with Gasteiger partial charge < -0.3 is 10.5 Å². The number of benzene rings is 1. The normalized spacial score (nSPS) is 10.5. The summed E-state index contributed by atoms with van der Waals surface area (Å²) in [6.45, 7) is 0.261. The molecule has 0 bridgehead atoms. The number of hydrogen-bond acceptors (Lipinski definition) is 5. The molecular formula is C15H13N3O2S. The Morgan fingerprint density at radius 3 is 2.86 bits per heavy atom. The minimum absolute atomic E-state index is 0.259. The fourth-order valence-corrected chi connectivity index (χ4v) is 2.48. The smallest absolute Gasteiger partial charge is 0.359 e. The molecule has 2 N–H and O–H groups in total. The van der Waals surface area contributed by atoms with Crippen molar-refractivity contribution in [1.82, 2.24) is 9.78 Å². The van der Waals surface area contributed by atoms with Crippen LogP contribution in [0.1, 0.15) is 15.4 Å². The number of carbonyl (C=O) groups excluding carboxylic acids is 1. The number of para-hydroxylation sites is 2. The molecule has 0 amide bonds. The molecule has 106 valence electrons. The van der Waals surface area contributed by atoms with Crippen molar-refractivity contribution >= 4 is 23.0 Å². The van der Waals surface area contributed by atoms with Crippen molar-refractivity contribution in [1.29, 1.82) is 0 Å². The number of nitrogen functional groups attached to an aromatic ring is 1. The molecule has 1 aromatic carbocycles. The van der Waals surface area contributed by atoms with Crippen LogP contribution in [-0.4, -0.2) is 15.7 Å². The number of ether oxygens (including phenoxy) is 1. The number of nitrogens with two attached hydrogens (primary N) is 1. The Hall–Kier alpha value is -2.60. The minimum Gasteiger partial charge on any atom is -0.455 e. The number of rotatable bonds is 4. The Labute approximate surface area is 125 Å². The Kier molecular flexibility index (Phi) is 3.70. The monoisotopic (exact) mass is 299 g/mol. The molecule has 0 saturated heterocycles. The van der Waals surface area contributed by atoms with E-state index in [1.807, 2.05) is 35.7 Å². The Morgan fingerprint density at radius 1 is 1.24 bits per heavy atom. The lowest BCUT2D eigenvalue weighted by molar-refractivity contribution is 0.0469. The van der Waals surface area contributed by atoms with Gasteiger partial charge in [-0.3, -0.25) is 0 Å². The summed E-state index contributed by atoms with van der Waals surface area (Å²) in [6, 6.07) is 12.8. The number of hydrogen-bond donors (Lipinski definition) is 1. The van der Waals surface area contributed by atoms with Crippen molar-refractivity contribution in [2.24, 2.45) is 0 Å². The molecule has 3 aromatic rings. The lowest BCUT2D eigenvalue weighted by Gasteiger charge is -2.04. The number of aromatic nitrogens is 2. The standard InChI is InChI=1S/C15H13N3O2S/c16-12-5-1-2-6-14(12)18-8-7-13(17-18)15(19)20-10-11-4-3-9-21-11/h1-9H,10,16H2. The first-order chi connectivity index (χ1) is 10.2. The van der Waals surface area contributed by atoms with Crippen molar-refractivity contribution in [2.75, 3.05) is 5.73 Å². The van der Waals surface area contributed by atoms with E-state index < -0.39 is 5.97 Å². The average Bonchev–Trinajstić information content (AvgIpc) is 3.17. The summed E-state index contributed by atoms with van der Waals surface area (Å²) >= 11 is 1.54. The molecule has 5 nitrogen and oxygen atoms in total. The molecule has 6 heteroatoms. The van der Waals surface area contributed by atoms with E-state index in [4.69, 9.17) is 10.5 Å². The van der Waals surface area contributed by atoms with Crippen LogP contribution in [0.2, 0.25) is 0 Å². The molecule has 0 radical (unpaired) electrons. The third-order valence-corrected chi connectivity index (χ3v) is 3.76. The van der Waals surface area contributed by atoms with Crippen molar-refractivity contribution in [3.05, 3.63) is 64.6 Å². The van der Waals surface area contributed by atoms with Crippen LogP contribution in [0.4, 0.5) is 5.69 Å². The van der Waals surface area contributed by atoms with Crippen LogP contribution >= 0.6 is 11.3 Å². The Bertz CT molecular complexity index is 750. The molecule has 0 fully saturated rings. The van der Waals surface area contributed by atoms with Crippen LogP contribution in [0.3, 0.4) is 0 Å². The van der Waals surface area contributed by atoms with Crippen LogP contribution in [0.15, 0.2) is 54.0 Å². The highest BCUT2D eigenvalue weighted by atomic mass is 32.1. The lowest BCUT2D eigenvalue weighted by atomic mass is 10.3. The number of thiophene rings is 1. The molecule has 2 aromatic heterocycles. The highest BCUT2D eigenvalue weighted by molar-refractivity contribution is 7.09. The van der Waals surface area contributed by atoms with Gasteiger partial charge in [-0.25, -0.2) is 9.48 Å². The molecule has 0 spiro atoms. The molecule has 0 aliphatic rings. The van der Waals surface area contributed by atoms with Gasteiger partial charge in [-0.2, -0.15) is 5.10 Å². The van der Waals surface area contributed by atoms with Gasteiger partial charge in [0.2, 0.25) is 0 Å². The van der Waals surface area contributed by atoms with Gasteiger partial charge in [-0.05, 0) is 29.6 Å². The summed E-state index contributed by atoms with van der Waals surface area (Å²) in [7, 11) is 0. The maximum atomic E-state index is 11.9. The average molecular weight is 299 g/mol. The molecule has 0 unspecified atom stereocenters. The zero-order valence-electron chi connectivity index (χ0n) is 11.1. The van der Waals surface area contributed by atoms with E-state index in [0.717, 1.165) is 10.6 Å². The minimum atomic E-state index is -0.448. The predicted molar refractivity (Wildman–Crippen MR) is 81.4 cm³/mol. The van der Waals surface area contributed by atoms with E-state index in [1.165, 1.54) is 0 Å². The van der Waals surface area contributed by atoms with Crippen LogP contribution in [0.25, 0.3) is 5.69 Å². The maximum absolute atomic E-state index is 11.9. The fourth-order valence-electron chi connectivity index (χ4n) is 1.87. The van der Waals surface area contributed by atoms with Crippen molar-refractivity contribution in [3.63, 3.8) is 0 Å². The summed E-state index contributed by atoms with van der Waals surface area (Å²) in [5, 5.41) is 6.15. The van der Waals surface area contributed by atoms with E-state index in [-0.39, 0.29) is 12.3 Å². The summed E-state index contributed by atoms with van der Waals surface area (Å²) in [5.74, 6) is -0.448. The highest BCUT2D eigenvalue weighted by Crippen LogP contribution is 2.16. The molecule has 0 atom stereocenters. The first-order valence-corrected chi connectivity index (χ1v) is 7.22. The SMILES string of the molecule is Nc1ccccc1-n1ccc(C(=O)OCc2cccs2)n1. The van der Waals surface area contributed by atoms with Crippen LogP contribution in [0.5, 0.6) is 0 Å². The maximum Gasteiger partial charge on any atom is 0.359 e. The van der Waals surface area contributed by atoms with Gasteiger partial charge in [0, 0.05) is 11.1 Å². The van der Waals surface area contributed by atoms with Gasteiger partial charge in [-0.1, -0.05) is 18.2 Å². The molecule has 0 aliphatic heterocycles. The van der Waals surface area contributed by atoms with E-state index in [0.29, 0.717) is 5.69 Å². The van der Waals surface area contributed by atoms with Crippen molar-refractivity contribution in [3.8, 4) is 5.69 Å². The second-order valence-electron chi connectivity index (χ2n) is 4.36. The lowest BCUT2D eigenvalue weighted by Crippen LogP contribution is -2.07. The number of anilines is 1. The quantitative estimate of drug-likeness (QED) is 0.594. The molecule has 3 rings (SSSR count).